The number of ether oxygens (including phenoxy) is 13. The monoisotopic (exact) mass is 1540 g/mol. The van der Waals surface area contributed by atoms with E-state index < -0.39 is 54.1 Å². The summed E-state index contributed by atoms with van der Waals surface area (Å²) in [6.45, 7) is 17.3. The van der Waals surface area contributed by atoms with E-state index in [1.165, 1.54) is 43.1 Å². The number of hydrogen-bond acceptors (Lipinski definition) is 24. The lowest BCUT2D eigenvalue weighted by Crippen LogP contribution is -2.53. The van der Waals surface area contributed by atoms with Crippen LogP contribution in [0.3, 0.4) is 0 Å². The number of rotatable bonds is 50. The van der Waals surface area contributed by atoms with E-state index in [1.807, 2.05) is 20.0 Å². The maximum Gasteiger partial charge on any atom is 0.416 e. The van der Waals surface area contributed by atoms with Crippen molar-refractivity contribution in [1.82, 2.24) is 30.7 Å². The zero-order valence-corrected chi connectivity index (χ0v) is 64.5. The molecule has 3 aromatic carbocycles. The Morgan fingerprint density at radius 3 is 1.69 bits per heavy atom. The summed E-state index contributed by atoms with van der Waals surface area (Å²) in [6, 6.07) is 9.94. The molecule has 0 saturated carbocycles. The molecular weight excluding hydrogens is 1430 g/mol. The number of carbonyl (C=O) groups is 9. The second-order valence-corrected chi connectivity index (χ2v) is 27.5. The van der Waals surface area contributed by atoms with Gasteiger partial charge in [0.2, 0.25) is 35.4 Å². The van der Waals surface area contributed by atoms with Crippen molar-refractivity contribution in [3.63, 3.8) is 0 Å². The fourth-order valence-corrected chi connectivity index (χ4v) is 12.5. The van der Waals surface area contributed by atoms with Gasteiger partial charge in [0, 0.05) is 74.7 Å². The lowest BCUT2D eigenvalue weighted by atomic mass is 10.0. The van der Waals surface area contributed by atoms with Crippen molar-refractivity contribution in [3.05, 3.63) is 88.8 Å². The number of fused-ring (bicyclic) bond motifs is 4. The van der Waals surface area contributed by atoms with Crippen LogP contribution in [0.15, 0.2) is 77.1 Å². The predicted molar refractivity (Wildman–Crippen MR) is 402 cm³/mol. The molecular formula is C78H109N9O23. The summed E-state index contributed by atoms with van der Waals surface area (Å²) in [6.07, 6.45) is 7.54. The number of aliphatic imine (C=N–C) groups is 1. The Kier molecular flexibility index (Phi) is 35.6. The molecule has 0 aromatic heterocycles. The summed E-state index contributed by atoms with van der Waals surface area (Å²) >= 11 is 0. The first-order valence-electron chi connectivity index (χ1n) is 37.8. The van der Waals surface area contributed by atoms with Crippen LogP contribution in [0, 0.1) is 11.8 Å². The second-order valence-electron chi connectivity index (χ2n) is 27.5. The van der Waals surface area contributed by atoms with Gasteiger partial charge in [0.05, 0.1) is 168 Å². The Labute approximate surface area is 642 Å². The summed E-state index contributed by atoms with van der Waals surface area (Å²) in [5, 5.41) is 23.0. The summed E-state index contributed by atoms with van der Waals surface area (Å²) in [4.78, 5) is 128. The number of aliphatic hydroxyl groups is 1. The number of amides is 9. The van der Waals surface area contributed by atoms with Crippen molar-refractivity contribution in [2.45, 2.75) is 143 Å². The number of anilines is 2. The van der Waals surface area contributed by atoms with Crippen LogP contribution < -0.4 is 45.1 Å². The molecule has 0 aliphatic carbocycles. The van der Waals surface area contributed by atoms with Crippen LogP contribution in [0.5, 0.6) is 23.0 Å². The summed E-state index contributed by atoms with van der Waals surface area (Å²) in [5.41, 5.74) is 3.92. The first-order chi connectivity index (χ1) is 53.1. The molecule has 5 N–H and O–H groups in total. The normalized spacial score (nSPS) is 17.7. The fourth-order valence-electron chi connectivity index (χ4n) is 12.5. The number of benzene rings is 3. The van der Waals surface area contributed by atoms with Crippen molar-refractivity contribution in [1.29, 1.82) is 0 Å². The van der Waals surface area contributed by atoms with Crippen LogP contribution in [0.1, 0.15) is 132 Å². The first kappa shape index (κ1) is 86.5. The zero-order valence-electron chi connectivity index (χ0n) is 64.5. The van der Waals surface area contributed by atoms with E-state index in [0.29, 0.717) is 185 Å². The molecule has 5 aliphatic rings. The molecule has 0 spiro atoms. The van der Waals surface area contributed by atoms with E-state index in [4.69, 9.17) is 61.6 Å². The van der Waals surface area contributed by atoms with E-state index in [1.54, 1.807) is 74.5 Å². The summed E-state index contributed by atoms with van der Waals surface area (Å²) in [7, 11) is 2.96. The average molecular weight is 1540 g/mol. The lowest BCUT2D eigenvalue weighted by molar-refractivity contribution is -0.139. The van der Waals surface area contributed by atoms with Gasteiger partial charge >= 0.3 is 6.09 Å². The molecule has 0 radical (unpaired) electrons. The Bertz CT molecular complexity index is 3670. The van der Waals surface area contributed by atoms with Crippen LogP contribution in [0.25, 0.3) is 0 Å². The van der Waals surface area contributed by atoms with E-state index in [-0.39, 0.29) is 110 Å². The summed E-state index contributed by atoms with van der Waals surface area (Å²) < 4.78 is 73.7. The highest BCUT2D eigenvalue weighted by molar-refractivity contribution is 6.07. The highest BCUT2D eigenvalue weighted by Gasteiger charge is 2.45. The number of carbonyl (C=O) groups excluding carboxylic acids is 9. The van der Waals surface area contributed by atoms with Gasteiger partial charge in [-0.3, -0.25) is 48.2 Å². The quantitative estimate of drug-likeness (QED) is 0.0295. The predicted octanol–water partition coefficient (Wildman–Crippen LogP) is 6.55. The van der Waals surface area contributed by atoms with Crippen molar-refractivity contribution < 1.29 is 110 Å². The fraction of sp³-hybridized carbons (Fsp3) is 0.590. The molecule has 5 heterocycles. The van der Waals surface area contributed by atoms with Crippen LogP contribution in [0.2, 0.25) is 0 Å². The average Bonchev–Trinajstić information content (AvgIpc) is 1.61. The molecule has 1 saturated heterocycles. The third kappa shape index (κ3) is 26.3. The van der Waals surface area contributed by atoms with Crippen LogP contribution >= 0.6 is 0 Å². The zero-order chi connectivity index (χ0) is 78.9. The Morgan fingerprint density at radius 2 is 1.12 bits per heavy atom. The van der Waals surface area contributed by atoms with Crippen molar-refractivity contribution in [2.75, 3.05) is 156 Å². The van der Waals surface area contributed by atoms with Gasteiger partial charge in [0.25, 0.3) is 11.8 Å². The maximum atomic E-state index is 14.3. The SMILES string of the molecule is COc1cc2c(cc1OCCCCCOc1cc3c(cc1OC)C(=O)N1C=C(C)C[C@H]1[C@H](O)N3C(=O)OCc1ccc(NC(=O)[C@H](C)NC(=O)[C@@H](NC(=O)CCOCCOCCOCCOCCOCCOCCOCCOCCNC(=O)CCCCN3C(=O)CC(C)C3=O)C(C)C)cc1)N=C[C@@H]1CC(C)=CN1C2=O. The number of likely N-dealkylation sites (tertiary alicyclic amines) is 1. The molecule has 1 fully saturated rings. The molecule has 604 valence electrons. The number of methoxy groups -OCH3 is 2. The highest BCUT2D eigenvalue weighted by Crippen LogP contribution is 2.43. The molecule has 0 bridgehead atoms. The van der Waals surface area contributed by atoms with E-state index in [2.05, 4.69) is 26.3 Å². The van der Waals surface area contributed by atoms with Crippen LogP contribution in [-0.4, -0.2) is 256 Å². The second kappa shape index (κ2) is 45.3. The van der Waals surface area contributed by atoms with Gasteiger partial charge in [-0.05, 0) is 101 Å². The third-order valence-electron chi connectivity index (χ3n) is 18.5. The van der Waals surface area contributed by atoms with Crippen LogP contribution in [-0.2, 0) is 78.0 Å². The van der Waals surface area contributed by atoms with Crippen molar-refractivity contribution in [2.24, 2.45) is 16.8 Å². The minimum atomic E-state index is -1.53. The molecule has 32 heteroatoms. The molecule has 3 aromatic rings. The standard InChI is InChI=1S/C78H109N9O23/c1-51(2)71(83-69(89)19-24-100-26-28-102-30-32-104-34-36-106-38-39-107-37-35-105-33-31-103-29-27-101-25-20-79-68(88)14-10-11-21-84-70(90)42-54(5)74(84)93)73(92)81-55(6)72(91)82-57-17-15-56(16-18-57)50-110-78(97)87-62-46-67(65(99-8)44-60(62)76(95)86-49-53(4)41-63(86)77(87)96)109-23-13-9-12-22-108-66-45-61-59(43-64(66)98-7)75(94)85-48-52(3)40-58(85)47-80-61/h15-18,43-49,51,54-55,58,63,71,77,96H,9-14,19-42,50H2,1-8H3,(H,79,88)(H,81,92)(H,82,91)(H,83,89)/t54?,55-,58-,63-,71-,77-/m0/s1. The van der Waals surface area contributed by atoms with Gasteiger partial charge < -0.3 is 97.8 Å². The van der Waals surface area contributed by atoms with E-state index in [0.717, 1.165) is 22.5 Å². The summed E-state index contributed by atoms with van der Waals surface area (Å²) in [5.74, 6) is -1.68. The molecule has 1 unspecified atom stereocenters. The molecule has 5 aliphatic heterocycles. The largest absolute Gasteiger partial charge is 0.493 e. The Morgan fingerprint density at radius 1 is 0.573 bits per heavy atom. The lowest BCUT2D eigenvalue weighted by Gasteiger charge is -2.31. The number of nitrogens with zero attached hydrogens (tertiary/aromatic N) is 5. The minimum absolute atomic E-state index is 0.0129. The number of unbranched alkanes of at least 4 members (excludes halogenated alkanes) is 3. The van der Waals surface area contributed by atoms with Gasteiger partial charge in [0.15, 0.2) is 29.2 Å². The van der Waals surface area contributed by atoms with Gasteiger partial charge in [0.1, 0.15) is 18.7 Å². The smallest absolute Gasteiger partial charge is 0.416 e. The van der Waals surface area contributed by atoms with Gasteiger partial charge in [-0.15, -0.1) is 0 Å². The number of imide groups is 1. The van der Waals surface area contributed by atoms with Gasteiger partial charge in [-0.25, -0.2) is 9.69 Å². The molecule has 110 heavy (non-hydrogen) atoms. The van der Waals surface area contributed by atoms with Gasteiger partial charge in [-0.2, -0.15) is 0 Å². The third-order valence-corrected chi connectivity index (χ3v) is 18.5. The van der Waals surface area contributed by atoms with Crippen molar-refractivity contribution in [3.8, 4) is 23.0 Å². The first-order valence-corrected chi connectivity index (χ1v) is 37.8. The maximum absolute atomic E-state index is 14.3. The molecule has 32 nitrogen and oxygen atoms in total. The molecule has 9 amide bonds. The Balaban J connectivity index is 0.635. The number of aliphatic hydroxyl groups excluding tert-OH is 1. The topological polar surface area (TPSA) is 367 Å². The highest BCUT2D eigenvalue weighted by atomic mass is 16.6. The van der Waals surface area contributed by atoms with Crippen LogP contribution in [0.4, 0.5) is 21.9 Å². The van der Waals surface area contributed by atoms with Crippen molar-refractivity contribution >= 4 is 76.6 Å². The Hall–Kier alpha value is -9.12. The molecule has 8 rings (SSSR count). The van der Waals surface area contributed by atoms with E-state index in [9.17, 15) is 48.3 Å². The van der Waals surface area contributed by atoms with E-state index >= 15 is 0 Å². The number of nitrogens with one attached hydrogen (secondary N) is 4. The van der Waals surface area contributed by atoms with Gasteiger partial charge in [-0.1, -0.05) is 44.1 Å². The minimum Gasteiger partial charge on any atom is -0.493 e. The molecule has 6 atom stereocenters. The number of hydrogen-bond donors (Lipinski definition) is 5.